The van der Waals surface area contributed by atoms with Gasteiger partial charge in [0, 0.05) is 0 Å². The summed E-state index contributed by atoms with van der Waals surface area (Å²) in [7, 11) is 5.71. The van der Waals surface area contributed by atoms with E-state index in [0.29, 0.717) is 0 Å². The minimum atomic E-state index is -1.11. The van der Waals surface area contributed by atoms with Gasteiger partial charge in [0.15, 0.2) is 0 Å². The molecule has 1 aromatic rings. The van der Waals surface area contributed by atoms with E-state index in [1.165, 1.54) is 2.39 Å². The fourth-order valence-electron chi connectivity index (χ4n) is 0.424. The van der Waals surface area contributed by atoms with E-state index in [-0.39, 0.29) is 0 Å². The van der Waals surface area contributed by atoms with E-state index in [2.05, 4.69) is 0 Å². The number of rotatable bonds is 1. The van der Waals surface area contributed by atoms with Gasteiger partial charge >= 0.3 is 73.4 Å². The first-order chi connectivity index (χ1) is 3.83. The summed E-state index contributed by atoms with van der Waals surface area (Å²) in [4.78, 5) is 0. The van der Waals surface area contributed by atoms with Crippen molar-refractivity contribution in [2.45, 2.75) is 0 Å². The molecule has 8 heavy (non-hydrogen) atoms. The van der Waals surface area contributed by atoms with Gasteiger partial charge in [-0.25, -0.2) is 0 Å². The van der Waals surface area contributed by atoms with Gasteiger partial charge in [-0.2, -0.15) is 0 Å². The number of hydrogen-bond donors (Lipinski definition) is 0. The Morgan fingerprint density at radius 3 is 2.50 bits per heavy atom. The molecule has 0 aliphatic carbocycles. The van der Waals surface area contributed by atoms with Crippen LogP contribution in [0.1, 0.15) is 0 Å². The standard InChI is InChI=1S/C4H2ClS.ClH.Hg/c5-4-2-1-3-6-4;;/h1-2H;1H;/q;;+1/p-1. The Labute approximate surface area is 72.7 Å². The van der Waals surface area contributed by atoms with Crippen LogP contribution in [0.2, 0.25) is 4.34 Å². The number of halogens is 2. The van der Waals surface area contributed by atoms with Crippen LogP contribution in [0.5, 0.6) is 0 Å². The molecule has 0 aliphatic heterocycles. The van der Waals surface area contributed by atoms with Gasteiger partial charge in [-0.05, 0) is 0 Å². The second kappa shape index (κ2) is 3.40. The van der Waals surface area contributed by atoms with Gasteiger partial charge in [0.05, 0.1) is 0 Å². The van der Waals surface area contributed by atoms with E-state index in [1.54, 1.807) is 11.3 Å². The Morgan fingerprint density at radius 1 is 1.50 bits per heavy atom. The Hall–Kier alpha value is 1.22. The normalized spacial score (nSPS) is 8.75. The average molecular weight is 354 g/mol. The molecule has 0 saturated heterocycles. The summed E-state index contributed by atoms with van der Waals surface area (Å²) in [5.41, 5.74) is 0. The Balaban J connectivity index is 2.84. The molecule has 0 N–H and O–H groups in total. The zero-order chi connectivity index (χ0) is 5.98. The molecule has 0 unspecified atom stereocenters. The number of hydrogen-bond acceptors (Lipinski definition) is 1. The predicted molar refractivity (Wildman–Crippen MR) is 34.8 cm³/mol. The summed E-state index contributed by atoms with van der Waals surface area (Å²) in [6.07, 6.45) is 0. The van der Waals surface area contributed by atoms with E-state index < -0.39 is 23.3 Å². The third-order valence-corrected chi connectivity index (χ3v) is 10.7. The van der Waals surface area contributed by atoms with E-state index in [4.69, 9.17) is 19.9 Å². The summed E-state index contributed by atoms with van der Waals surface area (Å²) in [6, 6.07) is 3.94. The average Bonchev–Trinajstić information content (AvgIpc) is 2.14. The first-order valence-electron chi connectivity index (χ1n) is 2.13. The molecule has 0 fully saturated rings. The summed E-state index contributed by atoms with van der Waals surface area (Å²) >= 11 is 6.14. The van der Waals surface area contributed by atoms with Crippen LogP contribution in [0.25, 0.3) is 0 Å². The van der Waals surface area contributed by atoms with Crippen molar-refractivity contribution in [3.63, 3.8) is 0 Å². The van der Waals surface area contributed by atoms with Crippen molar-refractivity contribution >= 4 is 33.6 Å². The summed E-state index contributed by atoms with van der Waals surface area (Å²) < 4.78 is 2.21. The molecule has 0 saturated carbocycles. The van der Waals surface area contributed by atoms with Gasteiger partial charge in [-0.15, -0.1) is 0 Å². The summed E-state index contributed by atoms with van der Waals surface area (Å²) in [5, 5.41) is 0. The van der Waals surface area contributed by atoms with Crippen molar-refractivity contribution in [1.82, 2.24) is 0 Å². The Bertz CT molecular complexity index is 174. The third kappa shape index (κ3) is 1.87. The van der Waals surface area contributed by atoms with Gasteiger partial charge in [-0.3, -0.25) is 0 Å². The molecule has 0 radical (unpaired) electrons. The summed E-state index contributed by atoms with van der Waals surface area (Å²) in [5.74, 6) is 0. The predicted octanol–water partition coefficient (Wildman–Crippen LogP) is 2.26. The van der Waals surface area contributed by atoms with Crippen molar-refractivity contribution in [3.8, 4) is 0 Å². The van der Waals surface area contributed by atoms with Crippen LogP contribution in [-0.2, 0) is 23.3 Å². The quantitative estimate of drug-likeness (QED) is 0.680. The molecule has 0 aliphatic rings. The van der Waals surface area contributed by atoms with E-state index in [9.17, 15) is 0 Å². The Kier molecular flexibility index (Phi) is 3.11. The van der Waals surface area contributed by atoms with Crippen LogP contribution >= 0.6 is 31.2 Å². The van der Waals surface area contributed by atoms with Gasteiger partial charge in [0.1, 0.15) is 0 Å². The molecule has 40 valence electrons. The molecule has 4 heteroatoms. The maximum atomic E-state index is 5.71. The third-order valence-electron chi connectivity index (χ3n) is 0.761. The first-order valence-corrected chi connectivity index (χ1v) is 12.8. The zero-order valence-electron chi connectivity index (χ0n) is 4.03. The monoisotopic (exact) mass is 354 g/mol. The van der Waals surface area contributed by atoms with E-state index in [1.807, 2.05) is 12.1 Å². The molecule has 0 bridgehead atoms. The SMILES string of the molecule is [Cl][Hg][c]1ccc(Cl)s1. The van der Waals surface area contributed by atoms with Crippen LogP contribution in [0.4, 0.5) is 0 Å². The molecule has 0 aromatic carbocycles. The van der Waals surface area contributed by atoms with Crippen molar-refractivity contribution in [1.29, 1.82) is 0 Å². The fourth-order valence-corrected chi connectivity index (χ4v) is 7.90. The van der Waals surface area contributed by atoms with E-state index in [0.717, 1.165) is 4.34 Å². The molecule has 1 rings (SSSR count). The second-order valence-corrected chi connectivity index (χ2v) is 11.5. The van der Waals surface area contributed by atoms with Crippen LogP contribution in [0.3, 0.4) is 0 Å². The van der Waals surface area contributed by atoms with Crippen molar-refractivity contribution < 1.29 is 23.3 Å². The van der Waals surface area contributed by atoms with E-state index >= 15 is 0 Å². The van der Waals surface area contributed by atoms with Crippen LogP contribution in [0, 0.1) is 0 Å². The molecule has 1 heterocycles. The van der Waals surface area contributed by atoms with Crippen molar-refractivity contribution in [3.05, 3.63) is 16.5 Å². The maximum absolute atomic E-state index is 5.71. The van der Waals surface area contributed by atoms with Crippen molar-refractivity contribution in [2.75, 3.05) is 0 Å². The zero-order valence-corrected chi connectivity index (χ0v) is 11.9. The van der Waals surface area contributed by atoms with Gasteiger partial charge in [0.2, 0.25) is 0 Å². The molecular weight excluding hydrogens is 352 g/mol. The van der Waals surface area contributed by atoms with Crippen LogP contribution < -0.4 is 2.39 Å². The molecular formula is C4H2Cl2HgS. The van der Waals surface area contributed by atoms with Crippen molar-refractivity contribution in [2.24, 2.45) is 0 Å². The topological polar surface area (TPSA) is 0 Å². The number of thiophene rings is 1. The second-order valence-electron chi connectivity index (χ2n) is 1.34. The minimum absolute atomic E-state index is 0.862. The van der Waals surface area contributed by atoms with Gasteiger partial charge in [-0.1, -0.05) is 0 Å². The van der Waals surface area contributed by atoms with Crippen LogP contribution in [0.15, 0.2) is 12.1 Å². The van der Waals surface area contributed by atoms with Crippen LogP contribution in [-0.4, -0.2) is 0 Å². The molecule has 0 amide bonds. The molecule has 0 atom stereocenters. The first kappa shape index (κ1) is 7.32. The van der Waals surface area contributed by atoms with Gasteiger partial charge in [0.25, 0.3) is 0 Å². The molecule has 1 aromatic heterocycles. The Morgan fingerprint density at radius 2 is 2.25 bits per heavy atom. The fraction of sp³-hybridized carbons (Fsp3) is 0. The molecule has 0 nitrogen and oxygen atoms in total. The molecule has 0 spiro atoms. The van der Waals surface area contributed by atoms with Gasteiger partial charge < -0.3 is 0 Å². The summed E-state index contributed by atoms with van der Waals surface area (Å²) in [6.45, 7) is 0.